The quantitative estimate of drug-likeness (QED) is 0.258. The first-order valence-corrected chi connectivity index (χ1v) is 18.2. The van der Waals surface area contributed by atoms with E-state index >= 15 is 0 Å². The van der Waals surface area contributed by atoms with Gasteiger partial charge in [-0.3, -0.25) is 0 Å². The second-order valence-corrected chi connectivity index (χ2v) is 13.9. The first-order chi connectivity index (χ1) is 27.7. The summed E-state index contributed by atoms with van der Waals surface area (Å²) in [4.78, 5) is 14.7. The largest absolute Gasteiger partial charge is 0.456 e. The maximum atomic E-state index is 7.18. The Kier molecular flexibility index (Phi) is 8.22. The topological polar surface area (TPSA) is 56.7 Å². The standard InChI is InChI=1S/C45H21B7N4O/c46-34-30(22-11-4-1-5-12-22)37(49)41-32(35(34)47)33-36(48)38(50)39(51)40(52)42(33)56(41)27-17-10-18-28-31(27)26-20-19-25(21-29(26)57-28)45-54-43(23-13-6-2-7-14-23)53-44(55-45)24-15-8-3-9-16-24/h1-21H. The van der Waals surface area contributed by atoms with Gasteiger partial charge in [-0.15, -0.1) is 10.9 Å². The van der Waals surface area contributed by atoms with Crippen LogP contribution in [0.25, 0.3) is 94.7 Å². The summed E-state index contributed by atoms with van der Waals surface area (Å²) in [5.74, 6) is 1.61. The monoisotopic (exact) mass is 710 g/mol. The fraction of sp³-hybridized carbons (Fsp3) is 0. The second-order valence-electron chi connectivity index (χ2n) is 13.9. The van der Waals surface area contributed by atoms with Crippen LogP contribution in [0.15, 0.2) is 132 Å². The molecule has 0 fully saturated rings. The molecule has 7 aromatic carbocycles. The van der Waals surface area contributed by atoms with Crippen LogP contribution in [0.5, 0.6) is 0 Å². The summed E-state index contributed by atoms with van der Waals surface area (Å²) in [6, 6.07) is 41.0. The van der Waals surface area contributed by atoms with Crippen molar-refractivity contribution in [1.82, 2.24) is 19.5 Å². The minimum Gasteiger partial charge on any atom is -0.456 e. The molecule has 3 heterocycles. The fourth-order valence-electron chi connectivity index (χ4n) is 7.92. The Morgan fingerprint density at radius 2 is 0.895 bits per heavy atom. The van der Waals surface area contributed by atoms with E-state index in [0.29, 0.717) is 72.6 Å². The van der Waals surface area contributed by atoms with E-state index < -0.39 is 0 Å². The van der Waals surface area contributed by atoms with Gasteiger partial charge in [0.2, 0.25) is 0 Å². The molecule has 0 bridgehead atoms. The Hall–Kier alpha value is -6.40. The molecular formula is C45H21B7N4O. The number of nitrogens with zero attached hydrogens (tertiary/aromatic N) is 4. The third-order valence-corrected chi connectivity index (χ3v) is 10.7. The summed E-state index contributed by atoms with van der Waals surface area (Å²) >= 11 is 0. The zero-order valence-electron chi connectivity index (χ0n) is 30.4. The molecule has 0 spiro atoms. The number of hydrogen-bond donors (Lipinski definition) is 0. The highest BCUT2D eigenvalue weighted by Crippen LogP contribution is 2.39. The molecule has 10 rings (SSSR count). The Balaban J connectivity index is 1.26. The molecule has 0 N–H and O–H groups in total. The normalized spacial score (nSPS) is 11.6. The maximum absolute atomic E-state index is 7.18. The van der Waals surface area contributed by atoms with Gasteiger partial charge >= 0.3 is 0 Å². The van der Waals surface area contributed by atoms with Crippen molar-refractivity contribution >= 4 is 137 Å². The van der Waals surface area contributed by atoms with Gasteiger partial charge in [0.1, 0.15) is 66.1 Å². The predicted octanol–water partition coefficient (Wildman–Crippen LogP) is 3.09. The van der Waals surface area contributed by atoms with E-state index in [0.717, 1.165) is 33.0 Å². The number of rotatable bonds is 5. The van der Waals surface area contributed by atoms with Gasteiger partial charge in [-0.05, 0) is 46.2 Å². The molecule has 57 heavy (non-hydrogen) atoms. The van der Waals surface area contributed by atoms with E-state index in [1.54, 1.807) is 0 Å². The zero-order chi connectivity index (χ0) is 39.1. The molecule has 0 aliphatic heterocycles. The lowest BCUT2D eigenvalue weighted by Crippen LogP contribution is -2.48. The Labute approximate surface area is 337 Å². The van der Waals surface area contributed by atoms with Crippen molar-refractivity contribution in [2.75, 3.05) is 0 Å². The minimum absolute atomic E-state index is 0.145. The van der Waals surface area contributed by atoms with Crippen LogP contribution in [0, 0.1) is 0 Å². The molecule has 0 aliphatic rings. The highest BCUT2D eigenvalue weighted by Gasteiger charge is 2.26. The molecule has 10 aromatic rings. The molecular weight excluding hydrogens is 688 g/mol. The molecule has 0 atom stereocenters. The van der Waals surface area contributed by atoms with Gasteiger partial charge in [0.25, 0.3) is 0 Å². The van der Waals surface area contributed by atoms with Gasteiger partial charge in [-0.1, -0.05) is 130 Å². The van der Waals surface area contributed by atoms with Crippen LogP contribution in [-0.4, -0.2) is 74.4 Å². The van der Waals surface area contributed by atoms with E-state index in [2.05, 4.69) is 0 Å². The second kappa shape index (κ2) is 13.4. The lowest BCUT2D eigenvalue weighted by atomic mass is 9.64. The number of hydrogen-bond acceptors (Lipinski definition) is 4. The van der Waals surface area contributed by atoms with Gasteiger partial charge in [0.05, 0.1) is 11.1 Å². The lowest BCUT2D eigenvalue weighted by Gasteiger charge is -2.19. The number of furan rings is 1. The van der Waals surface area contributed by atoms with Gasteiger partial charge < -0.3 is 8.98 Å². The van der Waals surface area contributed by atoms with Crippen LogP contribution in [0.4, 0.5) is 0 Å². The van der Waals surface area contributed by atoms with Gasteiger partial charge in [-0.25, -0.2) is 15.0 Å². The van der Waals surface area contributed by atoms with Crippen LogP contribution < -0.4 is 38.2 Å². The van der Waals surface area contributed by atoms with Gasteiger partial charge in [-0.2, -0.15) is 0 Å². The smallest absolute Gasteiger partial charge is 0.164 e. The van der Waals surface area contributed by atoms with Crippen molar-refractivity contribution in [2.24, 2.45) is 0 Å². The first kappa shape index (κ1) is 35.0. The summed E-state index contributed by atoms with van der Waals surface area (Å²) in [6.45, 7) is 0. The molecule has 0 aliphatic carbocycles. The van der Waals surface area contributed by atoms with Crippen LogP contribution in [0.2, 0.25) is 0 Å². The van der Waals surface area contributed by atoms with Gasteiger partial charge in [0.15, 0.2) is 17.5 Å². The summed E-state index contributed by atoms with van der Waals surface area (Å²) in [5, 5.41) is 2.61. The molecule has 3 aromatic heterocycles. The van der Waals surface area contributed by atoms with Crippen molar-refractivity contribution in [3.8, 4) is 51.0 Å². The first-order valence-electron chi connectivity index (χ1n) is 18.2. The van der Waals surface area contributed by atoms with E-state index in [4.69, 9.17) is 74.3 Å². The molecule has 14 radical (unpaired) electrons. The number of benzene rings is 7. The molecule has 12 heteroatoms. The van der Waals surface area contributed by atoms with Crippen molar-refractivity contribution in [3.05, 3.63) is 127 Å². The Morgan fingerprint density at radius 3 is 1.49 bits per heavy atom. The van der Waals surface area contributed by atoms with Crippen molar-refractivity contribution in [2.45, 2.75) is 0 Å². The highest BCUT2D eigenvalue weighted by atomic mass is 16.3. The lowest BCUT2D eigenvalue weighted by molar-refractivity contribution is 0.669. The van der Waals surface area contributed by atoms with Crippen molar-refractivity contribution in [3.63, 3.8) is 0 Å². The summed E-state index contributed by atoms with van der Waals surface area (Å²) in [7, 11) is 47.5. The fourth-order valence-corrected chi connectivity index (χ4v) is 7.92. The summed E-state index contributed by atoms with van der Waals surface area (Å²) < 4.78 is 8.55. The molecule has 5 nitrogen and oxygen atoms in total. The minimum atomic E-state index is 0.145. The molecule has 0 saturated carbocycles. The van der Waals surface area contributed by atoms with Crippen molar-refractivity contribution < 1.29 is 4.42 Å². The molecule has 0 amide bonds. The molecule has 0 saturated heterocycles. The van der Waals surface area contributed by atoms with Crippen LogP contribution in [0.1, 0.15) is 0 Å². The van der Waals surface area contributed by atoms with E-state index in [-0.39, 0.29) is 27.3 Å². The van der Waals surface area contributed by atoms with E-state index in [9.17, 15) is 0 Å². The third kappa shape index (κ3) is 5.38. The predicted molar refractivity (Wildman–Crippen MR) is 241 cm³/mol. The maximum Gasteiger partial charge on any atom is 0.164 e. The van der Waals surface area contributed by atoms with E-state index in [1.165, 1.54) is 0 Å². The van der Waals surface area contributed by atoms with Crippen LogP contribution in [0.3, 0.4) is 0 Å². The van der Waals surface area contributed by atoms with Crippen LogP contribution in [-0.2, 0) is 0 Å². The molecule has 0 unspecified atom stereocenters. The van der Waals surface area contributed by atoms with Gasteiger partial charge in [0, 0.05) is 33.1 Å². The summed E-state index contributed by atoms with van der Waals surface area (Å²) in [6.07, 6.45) is 0. The number of fused-ring (bicyclic) bond motifs is 6. The van der Waals surface area contributed by atoms with Crippen molar-refractivity contribution in [1.29, 1.82) is 0 Å². The SMILES string of the molecule is [B]c1c([B])c([B])c2c(c1[B])c1c([B])c([B])c(-c3ccccc3)c([B])c1n2-c1cccc2oc3cc(-c4nc(-c5ccccc5)nc(-c5ccccc5)n4)ccc3c12. The highest BCUT2D eigenvalue weighted by molar-refractivity contribution is 6.69. The molecule has 248 valence electrons. The average molecular weight is 709 g/mol. The zero-order valence-corrected chi connectivity index (χ0v) is 30.4. The Bertz CT molecular complexity index is 3200. The third-order valence-electron chi connectivity index (χ3n) is 10.7. The van der Waals surface area contributed by atoms with E-state index in [1.807, 2.05) is 132 Å². The summed E-state index contributed by atoms with van der Waals surface area (Å²) in [5.41, 5.74) is 8.52. The van der Waals surface area contributed by atoms with Crippen LogP contribution >= 0.6 is 0 Å². The average Bonchev–Trinajstić information content (AvgIpc) is 3.82. The number of aromatic nitrogens is 4. The Morgan fingerprint density at radius 1 is 0.386 bits per heavy atom.